The van der Waals surface area contributed by atoms with Crippen molar-refractivity contribution in [2.75, 3.05) is 7.11 Å². The monoisotopic (exact) mass is 621 g/mol. The number of imide groups is 1. The highest BCUT2D eigenvalue weighted by molar-refractivity contribution is 14.1. The number of carbonyl (C=O) groups excluding carboxylic acids is 3. The fraction of sp³-hybridized carbons (Fsp3) is 0.0690. The summed E-state index contributed by atoms with van der Waals surface area (Å²) in [5.41, 5.74) is 2.00. The largest absolute Gasteiger partial charge is 0.493 e. The van der Waals surface area contributed by atoms with E-state index in [1.54, 1.807) is 36.4 Å². The molecule has 0 N–H and O–H groups in total. The van der Waals surface area contributed by atoms with Gasteiger partial charge in [0.15, 0.2) is 11.5 Å². The molecule has 4 aromatic rings. The summed E-state index contributed by atoms with van der Waals surface area (Å²) >= 11 is 2.98. The molecule has 6 nitrogen and oxygen atoms in total. The van der Waals surface area contributed by atoms with Gasteiger partial charge in [-0.3, -0.25) is 14.5 Å². The third kappa shape index (κ3) is 5.26. The molecule has 8 heteroatoms. The SMILES string of the molecule is COc1cc(/C=C2\SC(=O)N(Cc3cccc4ccccc34)C2=O)ccc1OC(=O)c1ccccc1I. The molecular weight excluding hydrogens is 601 g/mol. The summed E-state index contributed by atoms with van der Waals surface area (Å²) in [6, 6.07) is 25.8. The van der Waals surface area contributed by atoms with Crippen LogP contribution in [0.1, 0.15) is 21.5 Å². The maximum absolute atomic E-state index is 13.1. The molecule has 0 atom stereocenters. The van der Waals surface area contributed by atoms with Crippen molar-refractivity contribution >= 4 is 68.3 Å². The maximum Gasteiger partial charge on any atom is 0.344 e. The first-order valence-electron chi connectivity index (χ1n) is 11.3. The Morgan fingerprint density at radius 3 is 2.51 bits per heavy atom. The number of nitrogens with zero attached hydrogens (tertiary/aromatic N) is 1. The normalized spacial score (nSPS) is 14.4. The van der Waals surface area contributed by atoms with Crippen molar-refractivity contribution in [3.05, 3.63) is 110 Å². The van der Waals surface area contributed by atoms with Gasteiger partial charge in [0.05, 0.1) is 24.1 Å². The van der Waals surface area contributed by atoms with E-state index in [1.165, 1.54) is 12.0 Å². The average molecular weight is 621 g/mol. The highest BCUT2D eigenvalue weighted by Gasteiger charge is 2.35. The fourth-order valence-corrected chi connectivity index (χ4v) is 5.47. The lowest BCUT2D eigenvalue weighted by atomic mass is 10.0. The number of amides is 2. The van der Waals surface area contributed by atoms with E-state index in [-0.39, 0.29) is 23.4 Å². The third-order valence-electron chi connectivity index (χ3n) is 5.86. The number of ether oxygens (including phenoxy) is 2. The number of methoxy groups -OCH3 is 1. The molecular formula is C29H20INO5S. The quantitative estimate of drug-likeness (QED) is 0.101. The molecule has 5 rings (SSSR count). The van der Waals surface area contributed by atoms with Crippen LogP contribution in [0.25, 0.3) is 16.8 Å². The molecule has 0 unspecified atom stereocenters. The van der Waals surface area contributed by atoms with Gasteiger partial charge in [-0.1, -0.05) is 60.7 Å². The fourth-order valence-electron chi connectivity index (χ4n) is 4.03. The minimum atomic E-state index is -0.495. The third-order valence-corrected chi connectivity index (χ3v) is 7.71. The smallest absolute Gasteiger partial charge is 0.344 e. The van der Waals surface area contributed by atoms with Crippen LogP contribution in [0.3, 0.4) is 0 Å². The van der Waals surface area contributed by atoms with E-state index in [1.807, 2.05) is 54.6 Å². The lowest BCUT2D eigenvalue weighted by Crippen LogP contribution is -2.27. The van der Waals surface area contributed by atoms with Crippen molar-refractivity contribution in [3.63, 3.8) is 0 Å². The number of thioether (sulfide) groups is 1. The van der Waals surface area contributed by atoms with Gasteiger partial charge in [-0.05, 0) is 86.6 Å². The van der Waals surface area contributed by atoms with Crippen molar-refractivity contribution in [1.82, 2.24) is 4.90 Å². The molecule has 1 heterocycles. The number of fused-ring (bicyclic) bond motifs is 1. The highest BCUT2D eigenvalue weighted by atomic mass is 127. The lowest BCUT2D eigenvalue weighted by Gasteiger charge is -2.14. The second kappa shape index (κ2) is 10.8. The van der Waals surface area contributed by atoms with E-state index in [2.05, 4.69) is 22.6 Å². The van der Waals surface area contributed by atoms with Crippen molar-refractivity contribution in [3.8, 4) is 11.5 Å². The first kappa shape index (κ1) is 25.0. The molecule has 1 aliphatic heterocycles. The van der Waals surface area contributed by atoms with Crippen LogP contribution in [0.5, 0.6) is 11.5 Å². The number of esters is 1. The lowest BCUT2D eigenvalue weighted by molar-refractivity contribution is -0.123. The summed E-state index contributed by atoms with van der Waals surface area (Å²) in [6.07, 6.45) is 1.64. The maximum atomic E-state index is 13.1. The van der Waals surface area contributed by atoms with Crippen LogP contribution in [-0.2, 0) is 11.3 Å². The molecule has 1 aliphatic rings. The van der Waals surface area contributed by atoms with Crippen LogP contribution in [0.4, 0.5) is 4.79 Å². The van der Waals surface area contributed by atoms with Gasteiger partial charge < -0.3 is 9.47 Å². The number of hydrogen-bond acceptors (Lipinski definition) is 6. The molecule has 0 radical (unpaired) electrons. The standard InChI is InChI=1S/C29H20INO5S/c1-35-25-15-18(13-14-24(25)36-28(33)22-11-4-5-12-23(22)30)16-26-27(32)31(29(34)37-26)17-20-9-6-8-19-7-2-3-10-21(19)20/h2-16H,17H2,1H3/b26-16-. The molecule has 0 spiro atoms. The predicted octanol–water partition coefficient (Wildman–Crippen LogP) is 6.91. The number of rotatable bonds is 6. The first-order chi connectivity index (χ1) is 17.9. The van der Waals surface area contributed by atoms with E-state index in [0.29, 0.717) is 21.8 Å². The number of halogens is 1. The Kier molecular flexibility index (Phi) is 7.29. The molecule has 1 saturated heterocycles. The molecule has 0 aromatic heterocycles. The summed E-state index contributed by atoms with van der Waals surface area (Å²) in [5, 5.41) is 1.74. The molecule has 0 saturated carbocycles. The molecule has 0 bridgehead atoms. The van der Waals surface area contributed by atoms with Crippen LogP contribution in [0.15, 0.2) is 89.8 Å². The minimum absolute atomic E-state index is 0.194. The van der Waals surface area contributed by atoms with Gasteiger partial charge in [-0.25, -0.2) is 4.79 Å². The molecule has 1 fully saturated rings. The predicted molar refractivity (Wildman–Crippen MR) is 153 cm³/mol. The summed E-state index contributed by atoms with van der Waals surface area (Å²) in [6.45, 7) is 0.194. The Morgan fingerprint density at radius 1 is 0.946 bits per heavy atom. The molecule has 37 heavy (non-hydrogen) atoms. The number of carbonyl (C=O) groups is 3. The van der Waals surface area contributed by atoms with Crippen molar-refractivity contribution in [2.24, 2.45) is 0 Å². The van der Waals surface area contributed by atoms with Gasteiger partial charge >= 0.3 is 5.97 Å². The van der Waals surface area contributed by atoms with Crippen LogP contribution in [0, 0.1) is 3.57 Å². The Balaban J connectivity index is 1.36. The summed E-state index contributed by atoms with van der Waals surface area (Å²) in [4.78, 5) is 40.1. The summed E-state index contributed by atoms with van der Waals surface area (Å²) in [7, 11) is 1.47. The Morgan fingerprint density at radius 2 is 1.70 bits per heavy atom. The van der Waals surface area contributed by atoms with Gasteiger partial charge in [0.1, 0.15) is 0 Å². The minimum Gasteiger partial charge on any atom is -0.493 e. The van der Waals surface area contributed by atoms with Crippen LogP contribution in [-0.4, -0.2) is 29.1 Å². The van der Waals surface area contributed by atoms with Crippen LogP contribution < -0.4 is 9.47 Å². The topological polar surface area (TPSA) is 72.9 Å². The van der Waals surface area contributed by atoms with E-state index >= 15 is 0 Å². The van der Waals surface area contributed by atoms with E-state index in [4.69, 9.17) is 9.47 Å². The second-order valence-electron chi connectivity index (χ2n) is 8.19. The molecule has 184 valence electrons. The Hall–Kier alpha value is -3.63. The van der Waals surface area contributed by atoms with Crippen molar-refractivity contribution in [1.29, 1.82) is 0 Å². The zero-order chi connectivity index (χ0) is 25.9. The van der Waals surface area contributed by atoms with Gasteiger partial charge in [0.25, 0.3) is 11.1 Å². The van der Waals surface area contributed by atoms with Crippen molar-refractivity contribution in [2.45, 2.75) is 6.54 Å². The Labute approximate surface area is 231 Å². The molecule has 4 aromatic carbocycles. The first-order valence-corrected chi connectivity index (χ1v) is 13.2. The number of benzene rings is 4. The number of hydrogen-bond donors (Lipinski definition) is 0. The van der Waals surface area contributed by atoms with Gasteiger partial charge in [0.2, 0.25) is 0 Å². The zero-order valence-electron chi connectivity index (χ0n) is 19.6. The van der Waals surface area contributed by atoms with E-state index < -0.39 is 5.97 Å². The van der Waals surface area contributed by atoms with Crippen LogP contribution in [0.2, 0.25) is 0 Å². The molecule has 0 aliphatic carbocycles. The van der Waals surface area contributed by atoms with Gasteiger partial charge in [0, 0.05) is 3.57 Å². The average Bonchev–Trinajstić information content (AvgIpc) is 3.17. The zero-order valence-corrected chi connectivity index (χ0v) is 22.6. The van der Waals surface area contributed by atoms with Crippen molar-refractivity contribution < 1.29 is 23.9 Å². The van der Waals surface area contributed by atoms with E-state index in [0.717, 1.165) is 31.7 Å². The van der Waals surface area contributed by atoms with Gasteiger partial charge in [-0.2, -0.15) is 0 Å². The van der Waals surface area contributed by atoms with Gasteiger partial charge in [-0.15, -0.1) is 0 Å². The second-order valence-corrected chi connectivity index (χ2v) is 10.3. The molecule has 2 amide bonds. The summed E-state index contributed by atoms with van der Waals surface area (Å²) < 4.78 is 11.8. The highest BCUT2D eigenvalue weighted by Crippen LogP contribution is 2.36. The Bertz CT molecular complexity index is 1580. The van der Waals surface area contributed by atoms with Crippen LogP contribution >= 0.6 is 34.4 Å². The summed E-state index contributed by atoms with van der Waals surface area (Å²) in [5.74, 6) is -0.252. The van der Waals surface area contributed by atoms with E-state index in [9.17, 15) is 14.4 Å².